The molecule has 0 aliphatic rings. The Labute approximate surface area is 222 Å². The van der Waals surface area contributed by atoms with Crippen molar-refractivity contribution in [3.8, 4) is 5.75 Å². The van der Waals surface area contributed by atoms with Gasteiger partial charge in [0.2, 0.25) is 0 Å². The summed E-state index contributed by atoms with van der Waals surface area (Å²) in [6.07, 6.45) is 0. The molecule has 3 aromatic carbocycles. The number of esters is 2. The third kappa shape index (κ3) is 8.81. The molecule has 3 aromatic rings. The summed E-state index contributed by atoms with van der Waals surface area (Å²) in [5.41, 5.74) is 1.74. The lowest BCUT2D eigenvalue weighted by Crippen LogP contribution is -2.11. The zero-order valence-corrected chi connectivity index (χ0v) is 23.3. The SMILES string of the molecule is COC(=O)C(Br)c1cccc(Br)c1.COC(=O)C(Sc1ccc(O)cc1)c1cccc(Br)c1. The van der Waals surface area contributed by atoms with Crippen LogP contribution >= 0.6 is 59.6 Å². The fourth-order valence-corrected chi connectivity index (χ4v) is 4.94. The molecule has 3 rings (SSSR count). The number of aromatic hydroxyl groups is 1. The topological polar surface area (TPSA) is 72.8 Å². The van der Waals surface area contributed by atoms with Crippen molar-refractivity contribution < 1.29 is 24.2 Å². The van der Waals surface area contributed by atoms with Gasteiger partial charge in [0, 0.05) is 13.8 Å². The Bertz CT molecular complexity index is 1080. The van der Waals surface area contributed by atoms with Crippen LogP contribution in [-0.4, -0.2) is 31.3 Å². The van der Waals surface area contributed by atoms with Crippen molar-refractivity contribution in [1.29, 1.82) is 0 Å². The standard InChI is InChI=1S/C15H13BrO3S.C9H8Br2O2/c1-19-15(18)14(10-3-2-4-11(16)9-10)20-13-7-5-12(17)6-8-13;1-13-9(12)8(11)6-3-2-4-7(10)5-6/h2-9,14,17H,1H3;2-5,8H,1H3. The first kappa shape index (κ1) is 27.4. The van der Waals surface area contributed by atoms with Crippen LogP contribution in [0.25, 0.3) is 0 Å². The number of hydrogen-bond acceptors (Lipinski definition) is 6. The Morgan fingerprint density at radius 3 is 1.85 bits per heavy atom. The number of ether oxygens (including phenoxy) is 2. The summed E-state index contributed by atoms with van der Waals surface area (Å²) in [4.78, 5) is 23.6. The van der Waals surface area contributed by atoms with Crippen molar-refractivity contribution in [2.75, 3.05) is 14.2 Å². The van der Waals surface area contributed by atoms with Gasteiger partial charge >= 0.3 is 11.9 Å². The van der Waals surface area contributed by atoms with Crippen molar-refractivity contribution in [3.63, 3.8) is 0 Å². The molecule has 0 aromatic heterocycles. The van der Waals surface area contributed by atoms with Gasteiger partial charge in [-0.05, 0) is 59.7 Å². The Morgan fingerprint density at radius 2 is 1.33 bits per heavy atom. The predicted octanol–water partition coefficient (Wildman–Crippen LogP) is 7.22. The maximum absolute atomic E-state index is 12.0. The lowest BCUT2D eigenvalue weighted by molar-refractivity contribution is -0.140. The van der Waals surface area contributed by atoms with E-state index in [9.17, 15) is 14.7 Å². The van der Waals surface area contributed by atoms with E-state index in [4.69, 9.17) is 4.74 Å². The fraction of sp³-hybridized carbons (Fsp3) is 0.167. The second-order valence-electron chi connectivity index (χ2n) is 6.51. The van der Waals surface area contributed by atoms with E-state index >= 15 is 0 Å². The van der Waals surface area contributed by atoms with Gasteiger partial charge in [-0.15, -0.1) is 11.8 Å². The minimum Gasteiger partial charge on any atom is -0.508 e. The van der Waals surface area contributed by atoms with E-state index in [0.717, 1.165) is 25.0 Å². The summed E-state index contributed by atoms with van der Waals surface area (Å²) in [6.45, 7) is 0. The van der Waals surface area contributed by atoms with E-state index in [0.29, 0.717) is 0 Å². The molecule has 33 heavy (non-hydrogen) atoms. The number of rotatable bonds is 6. The zero-order valence-electron chi connectivity index (χ0n) is 17.7. The summed E-state index contributed by atoms with van der Waals surface area (Å²) in [5.74, 6) is -0.398. The molecule has 0 bridgehead atoms. The van der Waals surface area contributed by atoms with Crippen LogP contribution in [0.3, 0.4) is 0 Å². The predicted molar refractivity (Wildman–Crippen MR) is 141 cm³/mol. The number of benzene rings is 3. The number of hydrogen-bond donors (Lipinski definition) is 1. The van der Waals surface area contributed by atoms with Crippen LogP contribution in [0.15, 0.2) is 86.6 Å². The summed E-state index contributed by atoms with van der Waals surface area (Å²) < 4.78 is 11.3. The van der Waals surface area contributed by atoms with Crippen LogP contribution in [-0.2, 0) is 19.1 Å². The Hall–Kier alpha value is -1.81. The Morgan fingerprint density at radius 1 is 0.818 bits per heavy atom. The zero-order chi connectivity index (χ0) is 24.4. The highest BCUT2D eigenvalue weighted by Crippen LogP contribution is 2.37. The van der Waals surface area contributed by atoms with Crippen molar-refractivity contribution in [2.24, 2.45) is 0 Å². The number of thioether (sulfide) groups is 1. The molecule has 0 fully saturated rings. The number of phenolic OH excluding ortho intramolecular Hbond substituents is 1. The maximum atomic E-state index is 12.0. The van der Waals surface area contributed by atoms with Crippen molar-refractivity contribution in [1.82, 2.24) is 0 Å². The molecule has 1 N–H and O–H groups in total. The van der Waals surface area contributed by atoms with E-state index in [-0.39, 0.29) is 17.7 Å². The highest BCUT2D eigenvalue weighted by atomic mass is 79.9. The van der Waals surface area contributed by atoms with Gasteiger partial charge in [0.15, 0.2) is 0 Å². The Balaban J connectivity index is 0.000000257. The molecule has 0 saturated heterocycles. The normalized spacial score (nSPS) is 12.0. The molecular formula is C24H21Br3O5S. The molecule has 0 aliphatic carbocycles. The molecule has 0 heterocycles. The van der Waals surface area contributed by atoms with Gasteiger partial charge in [-0.3, -0.25) is 9.59 Å². The van der Waals surface area contributed by atoms with Gasteiger partial charge in [0.05, 0.1) is 14.2 Å². The van der Waals surface area contributed by atoms with Crippen LogP contribution in [0.1, 0.15) is 21.2 Å². The van der Waals surface area contributed by atoms with E-state index in [1.54, 1.807) is 24.3 Å². The first-order valence-corrected chi connectivity index (χ1v) is 12.9. The number of carbonyl (C=O) groups is 2. The quantitative estimate of drug-likeness (QED) is 0.171. The summed E-state index contributed by atoms with van der Waals surface area (Å²) >= 11 is 11.4. The van der Waals surface area contributed by atoms with Crippen molar-refractivity contribution in [3.05, 3.63) is 92.9 Å². The molecule has 5 nitrogen and oxygen atoms in total. The minimum absolute atomic E-state index is 0.200. The van der Waals surface area contributed by atoms with Crippen LogP contribution in [0, 0.1) is 0 Å². The number of phenols is 1. The number of carbonyl (C=O) groups excluding carboxylic acids is 2. The second-order valence-corrected chi connectivity index (χ2v) is 10.4. The fourth-order valence-electron chi connectivity index (χ4n) is 2.59. The highest BCUT2D eigenvalue weighted by molar-refractivity contribution is 9.11. The molecule has 174 valence electrons. The van der Waals surface area contributed by atoms with Crippen molar-refractivity contribution in [2.45, 2.75) is 15.0 Å². The van der Waals surface area contributed by atoms with Crippen LogP contribution in [0.2, 0.25) is 0 Å². The molecule has 0 spiro atoms. The third-order valence-electron chi connectivity index (χ3n) is 4.21. The van der Waals surface area contributed by atoms with Gasteiger partial charge in [-0.25, -0.2) is 0 Å². The van der Waals surface area contributed by atoms with Gasteiger partial charge in [0.1, 0.15) is 15.8 Å². The third-order valence-corrected chi connectivity index (χ3v) is 7.34. The average molecular weight is 661 g/mol. The van der Waals surface area contributed by atoms with Crippen LogP contribution in [0.5, 0.6) is 5.75 Å². The summed E-state index contributed by atoms with van der Waals surface area (Å²) in [5, 5.41) is 8.85. The maximum Gasteiger partial charge on any atom is 0.323 e. The van der Waals surface area contributed by atoms with Gasteiger partial charge < -0.3 is 14.6 Å². The molecule has 0 radical (unpaired) electrons. The molecule has 0 aliphatic heterocycles. The van der Waals surface area contributed by atoms with Crippen molar-refractivity contribution >= 4 is 71.5 Å². The van der Waals surface area contributed by atoms with Gasteiger partial charge in [-0.1, -0.05) is 72.1 Å². The van der Waals surface area contributed by atoms with Gasteiger partial charge in [-0.2, -0.15) is 0 Å². The van der Waals surface area contributed by atoms with Gasteiger partial charge in [0.25, 0.3) is 0 Å². The molecule has 2 atom stereocenters. The smallest absolute Gasteiger partial charge is 0.323 e. The summed E-state index contributed by atoms with van der Waals surface area (Å²) in [6, 6.07) is 21.8. The number of methoxy groups -OCH3 is 2. The second kappa shape index (κ2) is 13.8. The number of halogens is 3. The average Bonchev–Trinajstić information content (AvgIpc) is 2.82. The highest BCUT2D eigenvalue weighted by Gasteiger charge is 2.23. The van der Waals surface area contributed by atoms with E-state index < -0.39 is 10.1 Å². The lowest BCUT2D eigenvalue weighted by Gasteiger charge is -2.15. The minimum atomic E-state index is -0.443. The molecule has 2 unspecified atom stereocenters. The van der Waals surface area contributed by atoms with Crippen LogP contribution in [0.4, 0.5) is 0 Å². The van der Waals surface area contributed by atoms with E-state index in [2.05, 4.69) is 52.5 Å². The molecule has 9 heteroatoms. The molecular weight excluding hydrogens is 640 g/mol. The largest absolute Gasteiger partial charge is 0.508 e. The first-order chi connectivity index (χ1) is 15.7. The first-order valence-electron chi connectivity index (χ1n) is 9.51. The molecule has 0 amide bonds. The number of alkyl halides is 1. The monoisotopic (exact) mass is 658 g/mol. The molecule has 0 saturated carbocycles. The Kier molecular flexibility index (Phi) is 11.5. The van der Waals surface area contributed by atoms with E-state index in [1.807, 2.05) is 48.5 Å². The van der Waals surface area contributed by atoms with Crippen LogP contribution < -0.4 is 0 Å². The summed E-state index contributed by atoms with van der Waals surface area (Å²) in [7, 11) is 2.75. The van der Waals surface area contributed by atoms with E-state index in [1.165, 1.54) is 26.0 Å². The lowest BCUT2D eigenvalue weighted by atomic mass is 10.1.